The smallest absolute Gasteiger partial charge is 0.127 e. The van der Waals surface area contributed by atoms with E-state index < -0.39 is 0 Å². The highest BCUT2D eigenvalue weighted by atomic mass is 32.1. The third kappa shape index (κ3) is 1.55. The third-order valence-corrected chi connectivity index (χ3v) is 2.23. The first-order chi connectivity index (χ1) is 6.27. The minimum absolute atomic E-state index is 0.797. The number of hydrogen-bond acceptors (Lipinski definition) is 1. The van der Waals surface area contributed by atoms with Gasteiger partial charge in [0.25, 0.3) is 0 Å². The fourth-order valence-electron chi connectivity index (χ4n) is 1.29. The second-order valence-corrected chi connectivity index (χ2v) is 3.39. The SMILES string of the molecule is Cc1cccc(-n2[nH]ccc2=S)c1. The molecular formula is C10H10N2S. The van der Waals surface area contributed by atoms with Crippen molar-refractivity contribution in [2.75, 3.05) is 0 Å². The van der Waals surface area contributed by atoms with E-state index in [9.17, 15) is 0 Å². The fourth-order valence-corrected chi connectivity index (χ4v) is 1.52. The first kappa shape index (κ1) is 8.26. The van der Waals surface area contributed by atoms with Crippen LogP contribution < -0.4 is 0 Å². The summed E-state index contributed by atoms with van der Waals surface area (Å²) in [5.41, 5.74) is 2.31. The van der Waals surface area contributed by atoms with E-state index in [2.05, 4.69) is 24.2 Å². The van der Waals surface area contributed by atoms with Crippen LogP contribution in [-0.4, -0.2) is 9.78 Å². The molecular weight excluding hydrogens is 180 g/mol. The van der Waals surface area contributed by atoms with Crippen molar-refractivity contribution >= 4 is 12.2 Å². The maximum absolute atomic E-state index is 5.14. The molecule has 0 atom stereocenters. The molecule has 3 heteroatoms. The van der Waals surface area contributed by atoms with E-state index >= 15 is 0 Å². The molecule has 1 N–H and O–H groups in total. The average molecular weight is 190 g/mol. The number of hydrogen-bond donors (Lipinski definition) is 1. The molecule has 2 nitrogen and oxygen atoms in total. The zero-order valence-corrected chi connectivity index (χ0v) is 8.14. The van der Waals surface area contributed by atoms with Gasteiger partial charge in [-0.25, -0.2) is 4.68 Å². The molecule has 0 fully saturated rings. The summed E-state index contributed by atoms with van der Waals surface area (Å²) in [5, 5.41) is 3.06. The van der Waals surface area contributed by atoms with Crippen molar-refractivity contribution < 1.29 is 0 Å². The van der Waals surface area contributed by atoms with Crippen molar-refractivity contribution in [3.63, 3.8) is 0 Å². The van der Waals surface area contributed by atoms with Crippen molar-refractivity contribution in [3.8, 4) is 5.69 Å². The van der Waals surface area contributed by atoms with E-state index in [0.29, 0.717) is 0 Å². The summed E-state index contributed by atoms with van der Waals surface area (Å²) in [7, 11) is 0. The van der Waals surface area contributed by atoms with Gasteiger partial charge in [0, 0.05) is 6.20 Å². The normalized spacial score (nSPS) is 10.2. The number of rotatable bonds is 1. The second kappa shape index (κ2) is 3.18. The summed E-state index contributed by atoms with van der Waals surface area (Å²) in [6, 6.07) is 10.1. The third-order valence-electron chi connectivity index (χ3n) is 1.91. The maximum atomic E-state index is 5.14. The van der Waals surface area contributed by atoms with E-state index in [1.807, 2.05) is 29.1 Å². The highest BCUT2D eigenvalue weighted by molar-refractivity contribution is 7.71. The highest BCUT2D eigenvalue weighted by Crippen LogP contribution is 2.09. The molecule has 66 valence electrons. The standard InChI is InChI=1S/C10H10N2S/c1-8-3-2-4-9(7-8)12-10(13)5-6-11-12/h2-7,11H,1H3. The summed E-state index contributed by atoms with van der Waals surface area (Å²) in [4.78, 5) is 0. The zero-order valence-electron chi connectivity index (χ0n) is 7.32. The lowest BCUT2D eigenvalue weighted by Gasteiger charge is -2.02. The van der Waals surface area contributed by atoms with E-state index in [-0.39, 0.29) is 0 Å². The maximum Gasteiger partial charge on any atom is 0.127 e. The van der Waals surface area contributed by atoms with Crippen LogP contribution in [0.25, 0.3) is 5.69 Å². The largest absolute Gasteiger partial charge is 0.300 e. The molecule has 0 bridgehead atoms. The minimum Gasteiger partial charge on any atom is -0.300 e. The Morgan fingerprint density at radius 1 is 1.31 bits per heavy atom. The molecule has 0 aliphatic rings. The van der Waals surface area contributed by atoms with Gasteiger partial charge in [-0.2, -0.15) is 0 Å². The molecule has 2 rings (SSSR count). The monoisotopic (exact) mass is 190 g/mol. The highest BCUT2D eigenvalue weighted by Gasteiger charge is 1.96. The molecule has 0 aliphatic heterocycles. The summed E-state index contributed by atoms with van der Waals surface area (Å²) < 4.78 is 2.67. The number of aryl methyl sites for hydroxylation is 1. The van der Waals surface area contributed by atoms with Crippen molar-refractivity contribution in [1.82, 2.24) is 9.78 Å². The number of aromatic amines is 1. The Labute approximate surface area is 81.8 Å². The molecule has 0 saturated heterocycles. The molecule has 1 aromatic heterocycles. The van der Waals surface area contributed by atoms with Crippen LogP contribution in [0, 0.1) is 11.6 Å². The molecule has 1 aromatic carbocycles. The van der Waals surface area contributed by atoms with Gasteiger partial charge in [0.2, 0.25) is 0 Å². The van der Waals surface area contributed by atoms with Crippen molar-refractivity contribution in [1.29, 1.82) is 0 Å². The van der Waals surface area contributed by atoms with Crippen LogP contribution in [-0.2, 0) is 0 Å². The molecule has 2 aromatic rings. The van der Waals surface area contributed by atoms with Gasteiger partial charge < -0.3 is 5.10 Å². The first-order valence-corrected chi connectivity index (χ1v) is 4.52. The molecule has 0 spiro atoms. The van der Waals surface area contributed by atoms with Gasteiger partial charge in [0.05, 0.1) is 5.69 Å². The molecule has 13 heavy (non-hydrogen) atoms. The van der Waals surface area contributed by atoms with Crippen LogP contribution >= 0.6 is 12.2 Å². The van der Waals surface area contributed by atoms with Crippen molar-refractivity contribution in [2.45, 2.75) is 6.92 Å². The van der Waals surface area contributed by atoms with Crippen molar-refractivity contribution in [3.05, 3.63) is 46.7 Å². The van der Waals surface area contributed by atoms with Crippen LogP contribution in [0.4, 0.5) is 0 Å². The van der Waals surface area contributed by atoms with Crippen LogP contribution in [0.15, 0.2) is 36.5 Å². The van der Waals surface area contributed by atoms with Gasteiger partial charge in [-0.3, -0.25) is 0 Å². The summed E-state index contributed by atoms with van der Waals surface area (Å²) in [6.07, 6.45) is 1.84. The van der Waals surface area contributed by atoms with Gasteiger partial charge >= 0.3 is 0 Å². The van der Waals surface area contributed by atoms with Gasteiger partial charge in [0.15, 0.2) is 0 Å². The van der Waals surface area contributed by atoms with E-state index in [0.717, 1.165) is 10.3 Å². The van der Waals surface area contributed by atoms with Gasteiger partial charge in [-0.15, -0.1) is 0 Å². The fraction of sp³-hybridized carbons (Fsp3) is 0.100. The van der Waals surface area contributed by atoms with E-state index in [4.69, 9.17) is 12.2 Å². The number of benzene rings is 1. The van der Waals surface area contributed by atoms with Crippen LogP contribution in [0.3, 0.4) is 0 Å². The van der Waals surface area contributed by atoms with Gasteiger partial charge in [0.1, 0.15) is 4.64 Å². The Balaban J connectivity index is 2.59. The Morgan fingerprint density at radius 2 is 2.15 bits per heavy atom. The van der Waals surface area contributed by atoms with E-state index in [1.165, 1.54) is 5.56 Å². The molecule has 0 unspecified atom stereocenters. The topological polar surface area (TPSA) is 20.7 Å². The van der Waals surface area contributed by atoms with Crippen molar-refractivity contribution in [2.24, 2.45) is 0 Å². The predicted molar refractivity (Wildman–Crippen MR) is 55.7 cm³/mol. The molecule has 0 aliphatic carbocycles. The molecule has 0 radical (unpaired) electrons. The number of aromatic nitrogens is 2. The molecule has 1 heterocycles. The Morgan fingerprint density at radius 3 is 2.77 bits per heavy atom. The number of H-pyrrole nitrogens is 1. The predicted octanol–water partition coefficient (Wildman–Crippen LogP) is 2.84. The Hall–Kier alpha value is -1.35. The average Bonchev–Trinajstić information content (AvgIpc) is 2.51. The van der Waals surface area contributed by atoms with Crippen LogP contribution in [0.1, 0.15) is 5.56 Å². The van der Waals surface area contributed by atoms with Gasteiger partial charge in [-0.05, 0) is 30.7 Å². The molecule has 0 saturated carbocycles. The lowest BCUT2D eigenvalue weighted by Crippen LogP contribution is -1.95. The summed E-state index contributed by atoms with van der Waals surface area (Å²) >= 11 is 5.14. The summed E-state index contributed by atoms with van der Waals surface area (Å²) in [5.74, 6) is 0. The summed E-state index contributed by atoms with van der Waals surface area (Å²) in [6.45, 7) is 2.07. The Bertz CT molecular complexity index is 468. The molecule has 0 amide bonds. The van der Waals surface area contributed by atoms with E-state index in [1.54, 1.807) is 0 Å². The lowest BCUT2D eigenvalue weighted by molar-refractivity contribution is 0.868. The minimum atomic E-state index is 0.797. The number of nitrogens with zero attached hydrogens (tertiary/aromatic N) is 1. The number of nitrogens with one attached hydrogen (secondary N) is 1. The van der Waals surface area contributed by atoms with Gasteiger partial charge in [-0.1, -0.05) is 24.4 Å². The van der Waals surface area contributed by atoms with Crippen LogP contribution in [0.5, 0.6) is 0 Å². The second-order valence-electron chi connectivity index (χ2n) is 2.98. The Kier molecular flexibility index (Phi) is 2.02. The first-order valence-electron chi connectivity index (χ1n) is 4.11. The quantitative estimate of drug-likeness (QED) is 0.686. The zero-order chi connectivity index (χ0) is 9.26. The lowest BCUT2D eigenvalue weighted by atomic mass is 10.2. The van der Waals surface area contributed by atoms with Crippen LogP contribution in [0.2, 0.25) is 0 Å².